The molecule has 17 heavy (non-hydrogen) atoms. The molecular weight excluding hydrogens is 216 g/mol. The third-order valence-electron chi connectivity index (χ3n) is 2.34. The van der Waals surface area contributed by atoms with Crippen LogP contribution in [-0.2, 0) is 13.6 Å². The molecule has 0 aliphatic carbocycles. The number of carbonyl (C=O) groups excluding carboxylic acids is 1. The second-order valence-electron chi connectivity index (χ2n) is 3.86. The highest BCUT2D eigenvalue weighted by molar-refractivity contribution is 5.93. The van der Waals surface area contributed by atoms with E-state index in [0.29, 0.717) is 12.1 Å². The number of carbonyl (C=O) groups is 1. The second kappa shape index (κ2) is 4.78. The minimum Gasteiger partial charge on any atom is -0.346 e. The number of amides is 1. The van der Waals surface area contributed by atoms with E-state index in [1.807, 2.05) is 25.1 Å². The summed E-state index contributed by atoms with van der Waals surface area (Å²) in [6.07, 6.45) is 3.22. The average molecular weight is 230 g/mol. The lowest BCUT2D eigenvalue weighted by atomic mass is 10.3. The molecule has 2 aromatic heterocycles. The van der Waals surface area contributed by atoms with Crippen LogP contribution < -0.4 is 5.32 Å². The molecule has 2 heterocycles. The molecule has 0 aromatic carbocycles. The van der Waals surface area contributed by atoms with Crippen molar-refractivity contribution in [1.29, 1.82) is 0 Å². The Hall–Kier alpha value is -2.17. The third kappa shape index (κ3) is 2.90. The Morgan fingerprint density at radius 2 is 2.29 bits per heavy atom. The van der Waals surface area contributed by atoms with Crippen molar-refractivity contribution in [2.24, 2.45) is 7.05 Å². The van der Waals surface area contributed by atoms with Crippen LogP contribution in [0.25, 0.3) is 0 Å². The SMILES string of the molecule is Cc1cccc(CNC(=O)c2cnn(C)c2)n1. The molecular formula is C12H14N4O. The van der Waals surface area contributed by atoms with Gasteiger partial charge in [0.05, 0.1) is 24.0 Å². The molecule has 0 unspecified atom stereocenters. The molecule has 0 aliphatic rings. The zero-order valence-corrected chi connectivity index (χ0v) is 9.84. The fourth-order valence-corrected chi connectivity index (χ4v) is 1.51. The van der Waals surface area contributed by atoms with Crippen LogP contribution in [0.3, 0.4) is 0 Å². The van der Waals surface area contributed by atoms with E-state index in [-0.39, 0.29) is 5.91 Å². The summed E-state index contributed by atoms with van der Waals surface area (Å²) in [5.41, 5.74) is 2.35. The van der Waals surface area contributed by atoms with Gasteiger partial charge in [-0.25, -0.2) is 0 Å². The summed E-state index contributed by atoms with van der Waals surface area (Å²) in [7, 11) is 1.78. The molecule has 0 saturated carbocycles. The van der Waals surface area contributed by atoms with Crippen molar-refractivity contribution < 1.29 is 4.79 Å². The van der Waals surface area contributed by atoms with Crippen LogP contribution in [0.2, 0.25) is 0 Å². The summed E-state index contributed by atoms with van der Waals surface area (Å²) in [5.74, 6) is -0.138. The van der Waals surface area contributed by atoms with E-state index >= 15 is 0 Å². The molecule has 0 atom stereocenters. The number of aryl methyl sites for hydroxylation is 2. The fourth-order valence-electron chi connectivity index (χ4n) is 1.51. The van der Waals surface area contributed by atoms with Gasteiger partial charge in [0.25, 0.3) is 5.91 Å². The summed E-state index contributed by atoms with van der Waals surface area (Å²) in [6.45, 7) is 2.35. The molecule has 5 nitrogen and oxygen atoms in total. The van der Waals surface area contributed by atoms with Gasteiger partial charge in [-0.2, -0.15) is 5.10 Å². The molecule has 88 valence electrons. The van der Waals surface area contributed by atoms with Gasteiger partial charge in [0.1, 0.15) is 0 Å². The first-order chi connectivity index (χ1) is 8.15. The van der Waals surface area contributed by atoms with E-state index in [2.05, 4.69) is 15.4 Å². The number of rotatable bonds is 3. The van der Waals surface area contributed by atoms with Crippen molar-refractivity contribution in [2.75, 3.05) is 0 Å². The van der Waals surface area contributed by atoms with Crippen molar-refractivity contribution in [3.8, 4) is 0 Å². The van der Waals surface area contributed by atoms with E-state index in [9.17, 15) is 4.79 Å². The summed E-state index contributed by atoms with van der Waals surface area (Å²) < 4.78 is 1.60. The van der Waals surface area contributed by atoms with Gasteiger partial charge in [-0.3, -0.25) is 14.5 Å². The molecule has 2 rings (SSSR count). The van der Waals surface area contributed by atoms with E-state index in [1.165, 1.54) is 0 Å². The Bertz CT molecular complexity index is 533. The van der Waals surface area contributed by atoms with Crippen molar-refractivity contribution >= 4 is 5.91 Å². The second-order valence-corrected chi connectivity index (χ2v) is 3.86. The predicted molar refractivity (Wildman–Crippen MR) is 63.4 cm³/mol. The molecule has 2 aromatic rings. The Kier molecular flexibility index (Phi) is 3.18. The van der Waals surface area contributed by atoms with Gasteiger partial charge in [0.2, 0.25) is 0 Å². The van der Waals surface area contributed by atoms with Crippen LogP contribution in [0.4, 0.5) is 0 Å². The van der Waals surface area contributed by atoms with Gasteiger partial charge in [0, 0.05) is 18.9 Å². The summed E-state index contributed by atoms with van der Waals surface area (Å²) in [4.78, 5) is 16.0. The van der Waals surface area contributed by atoms with Crippen LogP contribution >= 0.6 is 0 Å². The topological polar surface area (TPSA) is 59.8 Å². The predicted octanol–water partition coefficient (Wildman–Crippen LogP) is 1.05. The molecule has 5 heteroatoms. The fraction of sp³-hybridized carbons (Fsp3) is 0.250. The number of nitrogens with zero attached hydrogens (tertiary/aromatic N) is 3. The number of hydrogen-bond donors (Lipinski definition) is 1. The lowest BCUT2D eigenvalue weighted by Crippen LogP contribution is -2.23. The third-order valence-corrected chi connectivity index (χ3v) is 2.34. The van der Waals surface area contributed by atoms with E-state index in [1.54, 1.807) is 24.1 Å². The first-order valence-electron chi connectivity index (χ1n) is 5.34. The number of aromatic nitrogens is 3. The number of pyridine rings is 1. The first-order valence-corrected chi connectivity index (χ1v) is 5.34. The maximum absolute atomic E-state index is 11.7. The van der Waals surface area contributed by atoms with Crippen LogP contribution in [0.1, 0.15) is 21.7 Å². The molecule has 0 spiro atoms. The maximum Gasteiger partial charge on any atom is 0.254 e. The van der Waals surface area contributed by atoms with Gasteiger partial charge in [-0.1, -0.05) is 6.07 Å². The standard InChI is InChI=1S/C12H14N4O/c1-9-4-3-5-11(15-9)7-13-12(17)10-6-14-16(2)8-10/h3-6,8H,7H2,1-2H3,(H,13,17). The molecule has 0 aliphatic heterocycles. The summed E-state index contributed by atoms with van der Waals surface area (Å²) in [5, 5.41) is 6.75. The van der Waals surface area contributed by atoms with Crippen LogP contribution in [-0.4, -0.2) is 20.7 Å². The molecule has 0 radical (unpaired) electrons. The average Bonchev–Trinajstić information content (AvgIpc) is 2.73. The summed E-state index contributed by atoms with van der Waals surface area (Å²) in [6, 6.07) is 5.73. The van der Waals surface area contributed by atoms with Crippen molar-refractivity contribution in [1.82, 2.24) is 20.1 Å². The van der Waals surface area contributed by atoms with Crippen molar-refractivity contribution in [3.63, 3.8) is 0 Å². The molecule has 0 fully saturated rings. The van der Waals surface area contributed by atoms with Crippen molar-refractivity contribution in [2.45, 2.75) is 13.5 Å². The lowest BCUT2D eigenvalue weighted by molar-refractivity contribution is 0.0950. The Labute approximate surface area is 99.5 Å². The molecule has 1 amide bonds. The summed E-state index contributed by atoms with van der Waals surface area (Å²) >= 11 is 0. The monoisotopic (exact) mass is 230 g/mol. The van der Waals surface area contributed by atoms with Gasteiger partial charge >= 0.3 is 0 Å². The normalized spacial score (nSPS) is 10.2. The van der Waals surface area contributed by atoms with Gasteiger partial charge in [-0.15, -0.1) is 0 Å². The van der Waals surface area contributed by atoms with Gasteiger partial charge in [-0.05, 0) is 19.1 Å². The Balaban J connectivity index is 1.97. The quantitative estimate of drug-likeness (QED) is 0.857. The van der Waals surface area contributed by atoms with Crippen molar-refractivity contribution in [3.05, 3.63) is 47.5 Å². The van der Waals surface area contributed by atoms with Crippen LogP contribution in [0.15, 0.2) is 30.6 Å². The number of hydrogen-bond acceptors (Lipinski definition) is 3. The highest BCUT2D eigenvalue weighted by Gasteiger charge is 2.07. The zero-order valence-electron chi connectivity index (χ0n) is 9.84. The van der Waals surface area contributed by atoms with E-state index < -0.39 is 0 Å². The smallest absolute Gasteiger partial charge is 0.254 e. The molecule has 0 bridgehead atoms. The molecule has 0 saturated heterocycles. The lowest BCUT2D eigenvalue weighted by Gasteiger charge is -2.03. The van der Waals surface area contributed by atoms with Gasteiger partial charge in [0.15, 0.2) is 0 Å². The van der Waals surface area contributed by atoms with E-state index in [0.717, 1.165) is 11.4 Å². The minimum absolute atomic E-state index is 0.138. The maximum atomic E-state index is 11.7. The van der Waals surface area contributed by atoms with E-state index in [4.69, 9.17) is 0 Å². The Morgan fingerprint density at radius 3 is 2.94 bits per heavy atom. The van der Waals surface area contributed by atoms with Crippen LogP contribution in [0.5, 0.6) is 0 Å². The van der Waals surface area contributed by atoms with Crippen LogP contribution in [0, 0.1) is 6.92 Å². The Morgan fingerprint density at radius 1 is 1.47 bits per heavy atom. The first kappa shape index (κ1) is 11.3. The largest absolute Gasteiger partial charge is 0.346 e. The highest BCUT2D eigenvalue weighted by Crippen LogP contribution is 2.00. The van der Waals surface area contributed by atoms with Gasteiger partial charge < -0.3 is 5.32 Å². The minimum atomic E-state index is -0.138. The highest BCUT2D eigenvalue weighted by atomic mass is 16.1. The zero-order chi connectivity index (χ0) is 12.3. The molecule has 1 N–H and O–H groups in total. The number of nitrogens with one attached hydrogen (secondary N) is 1.